The zero-order valence-electron chi connectivity index (χ0n) is 10.4. The van der Waals surface area contributed by atoms with Gasteiger partial charge in [0.05, 0.1) is 10.7 Å². The Hall–Kier alpha value is -2.39. The van der Waals surface area contributed by atoms with Crippen molar-refractivity contribution >= 4 is 28.3 Å². The predicted octanol–water partition coefficient (Wildman–Crippen LogP) is 4.25. The maximum Gasteiger partial charge on any atom is 0.355 e. The minimum absolute atomic E-state index is 0.0175. The Kier molecular flexibility index (Phi) is 3.12. The minimum Gasteiger partial charge on any atom is -0.476 e. The molecule has 0 unspecified atom stereocenters. The molecule has 3 rings (SSSR count). The molecular weight excluding hydrogens is 274 g/mol. The third-order valence-corrected chi connectivity index (χ3v) is 3.48. The van der Waals surface area contributed by atoms with Crippen molar-refractivity contribution in [1.82, 2.24) is 4.98 Å². The Labute approximate surface area is 120 Å². The van der Waals surface area contributed by atoms with Crippen molar-refractivity contribution < 1.29 is 9.90 Å². The zero-order valence-corrected chi connectivity index (χ0v) is 11.1. The van der Waals surface area contributed by atoms with Crippen molar-refractivity contribution in [2.75, 3.05) is 0 Å². The van der Waals surface area contributed by atoms with Gasteiger partial charge in [-0.15, -0.1) is 0 Å². The van der Waals surface area contributed by atoms with Crippen molar-refractivity contribution in [3.8, 4) is 11.3 Å². The molecule has 0 saturated heterocycles. The van der Waals surface area contributed by atoms with Crippen LogP contribution in [0.15, 0.2) is 54.6 Å². The standard InChI is InChI=1S/C16H10ClNO2/c17-13-11-8-4-5-9-12(11)15(16(19)20)18-14(13)10-6-2-1-3-7-10/h1-9H,(H,19,20). The lowest BCUT2D eigenvalue weighted by Crippen LogP contribution is -2.03. The average Bonchev–Trinajstić information content (AvgIpc) is 2.48. The largest absolute Gasteiger partial charge is 0.476 e. The number of hydrogen-bond acceptors (Lipinski definition) is 2. The van der Waals surface area contributed by atoms with E-state index in [1.807, 2.05) is 36.4 Å². The summed E-state index contributed by atoms with van der Waals surface area (Å²) in [5, 5.41) is 11.0. The lowest BCUT2D eigenvalue weighted by Gasteiger charge is -2.10. The number of fused-ring (bicyclic) bond motifs is 1. The number of aromatic carboxylic acids is 1. The molecular formula is C16H10ClNO2. The van der Waals surface area contributed by atoms with Crippen LogP contribution >= 0.6 is 11.6 Å². The molecule has 0 aliphatic heterocycles. The molecule has 0 spiro atoms. The number of hydrogen-bond donors (Lipinski definition) is 1. The summed E-state index contributed by atoms with van der Waals surface area (Å²) in [5.41, 5.74) is 1.30. The molecule has 3 nitrogen and oxygen atoms in total. The van der Waals surface area contributed by atoms with E-state index in [4.69, 9.17) is 11.6 Å². The maximum atomic E-state index is 11.4. The molecule has 0 atom stereocenters. The van der Waals surface area contributed by atoms with Gasteiger partial charge in [-0.3, -0.25) is 0 Å². The first-order valence-electron chi connectivity index (χ1n) is 6.05. The van der Waals surface area contributed by atoms with Gasteiger partial charge >= 0.3 is 5.97 Å². The first-order valence-corrected chi connectivity index (χ1v) is 6.43. The van der Waals surface area contributed by atoms with Crippen LogP contribution in [-0.4, -0.2) is 16.1 Å². The number of carbonyl (C=O) groups is 1. The van der Waals surface area contributed by atoms with E-state index in [-0.39, 0.29) is 5.69 Å². The highest BCUT2D eigenvalue weighted by atomic mass is 35.5. The van der Waals surface area contributed by atoms with E-state index < -0.39 is 5.97 Å². The first-order chi connectivity index (χ1) is 9.68. The third-order valence-electron chi connectivity index (χ3n) is 3.10. The summed E-state index contributed by atoms with van der Waals surface area (Å²) in [6, 6.07) is 16.4. The monoisotopic (exact) mass is 283 g/mol. The van der Waals surface area contributed by atoms with E-state index in [9.17, 15) is 9.90 Å². The summed E-state index contributed by atoms with van der Waals surface area (Å²) in [6.07, 6.45) is 0. The number of pyridine rings is 1. The Bertz CT molecular complexity index is 800. The summed E-state index contributed by atoms with van der Waals surface area (Å²) < 4.78 is 0. The summed E-state index contributed by atoms with van der Waals surface area (Å²) >= 11 is 6.40. The van der Waals surface area contributed by atoms with Crippen LogP contribution in [0.4, 0.5) is 0 Å². The van der Waals surface area contributed by atoms with Gasteiger partial charge in [0.15, 0.2) is 5.69 Å². The fourth-order valence-electron chi connectivity index (χ4n) is 2.18. The van der Waals surface area contributed by atoms with Crippen LogP contribution < -0.4 is 0 Å². The molecule has 0 saturated carbocycles. The molecule has 1 aromatic heterocycles. The number of halogens is 1. The van der Waals surface area contributed by atoms with Crippen molar-refractivity contribution in [3.05, 3.63) is 65.3 Å². The minimum atomic E-state index is -1.06. The molecule has 0 radical (unpaired) electrons. The number of aromatic nitrogens is 1. The number of carboxylic acid groups (broad SMARTS) is 1. The number of carboxylic acids is 1. The third kappa shape index (κ3) is 2.02. The number of benzene rings is 2. The molecule has 0 fully saturated rings. The first kappa shape index (κ1) is 12.6. The molecule has 2 aromatic carbocycles. The molecule has 1 heterocycles. The van der Waals surface area contributed by atoms with Crippen molar-refractivity contribution in [3.63, 3.8) is 0 Å². The molecule has 3 aromatic rings. The Morgan fingerprint density at radius 1 is 0.950 bits per heavy atom. The maximum absolute atomic E-state index is 11.4. The van der Waals surface area contributed by atoms with Crippen molar-refractivity contribution in [1.29, 1.82) is 0 Å². The van der Waals surface area contributed by atoms with Crippen molar-refractivity contribution in [2.45, 2.75) is 0 Å². The highest BCUT2D eigenvalue weighted by molar-refractivity contribution is 6.38. The van der Waals surface area contributed by atoms with Crippen LogP contribution in [0, 0.1) is 0 Å². The highest BCUT2D eigenvalue weighted by Crippen LogP contribution is 2.34. The van der Waals surface area contributed by atoms with Gasteiger partial charge < -0.3 is 5.11 Å². The van der Waals surface area contributed by atoms with Gasteiger partial charge in [0.1, 0.15) is 0 Å². The van der Waals surface area contributed by atoms with E-state index in [1.165, 1.54) is 0 Å². The van der Waals surface area contributed by atoms with Crippen LogP contribution in [0.3, 0.4) is 0 Å². The molecule has 98 valence electrons. The van der Waals surface area contributed by atoms with Gasteiger partial charge in [0.25, 0.3) is 0 Å². The Balaban J connectivity index is 2.40. The smallest absolute Gasteiger partial charge is 0.355 e. The van der Waals surface area contributed by atoms with Gasteiger partial charge in [-0.25, -0.2) is 9.78 Å². The molecule has 4 heteroatoms. The second-order valence-electron chi connectivity index (χ2n) is 4.34. The van der Waals surface area contributed by atoms with Crippen LogP contribution in [0.5, 0.6) is 0 Å². The van der Waals surface area contributed by atoms with Crippen LogP contribution in [-0.2, 0) is 0 Å². The predicted molar refractivity (Wildman–Crippen MR) is 79.1 cm³/mol. The van der Waals surface area contributed by atoms with Gasteiger partial charge in [-0.2, -0.15) is 0 Å². The second kappa shape index (κ2) is 4.94. The fraction of sp³-hybridized carbons (Fsp3) is 0. The van der Waals surface area contributed by atoms with Gasteiger partial charge in [0.2, 0.25) is 0 Å². The zero-order chi connectivity index (χ0) is 14.1. The summed E-state index contributed by atoms with van der Waals surface area (Å²) in [6.45, 7) is 0. The average molecular weight is 284 g/mol. The van der Waals surface area contributed by atoms with Crippen molar-refractivity contribution in [2.24, 2.45) is 0 Å². The summed E-state index contributed by atoms with van der Waals surface area (Å²) in [5.74, 6) is -1.06. The van der Waals surface area contributed by atoms with E-state index in [0.717, 1.165) is 5.56 Å². The lowest BCUT2D eigenvalue weighted by molar-refractivity contribution is 0.0693. The summed E-state index contributed by atoms with van der Waals surface area (Å²) in [7, 11) is 0. The Morgan fingerprint density at radius 3 is 2.20 bits per heavy atom. The fourth-order valence-corrected chi connectivity index (χ4v) is 2.50. The molecule has 0 bridgehead atoms. The van der Waals surface area contributed by atoms with Crippen LogP contribution in [0.1, 0.15) is 10.5 Å². The Morgan fingerprint density at radius 2 is 1.55 bits per heavy atom. The topological polar surface area (TPSA) is 50.2 Å². The van der Waals surface area contributed by atoms with Gasteiger partial charge in [0, 0.05) is 16.3 Å². The number of rotatable bonds is 2. The van der Waals surface area contributed by atoms with E-state index >= 15 is 0 Å². The SMILES string of the molecule is O=C(O)c1nc(-c2ccccc2)c(Cl)c2ccccc12. The molecule has 1 N–H and O–H groups in total. The normalized spacial score (nSPS) is 10.7. The van der Waals surface area contributed by atoms with Crippen LogP contribution in [0.25, 0.3) is 22.0 Å². The highest BCUT2D eigenvalue weighted by Gasteiger charge is 2.17. The summed E-state index contributed by atoms with van der Waals surface area (Å²) in [4.78, 5) is 15.6. The molecule has 20 heavy (non-hydrogen) atoms. The van der Waals surface area contributed by atoms with E-state index in [0.29, 0.717) is 21.5 Å². The van der Waals surface area contributed by atoms with E-state index in [2.05, 4.69) is 4.98 Å². The van der Waals surface area contributed by atoms with E-state index in [1.54, 1.807) is 18.2 Å². The molecule has 0 aliphatic rings. The second-order valence-corrected chi connectivity index (χ2v) is 4.72. The van der Waals surface area contributed by atoms with Gasteiger partial charge in [-0.05, 0) is 0 Å². The molecule has 0 aliphatic carbocycles. The number of nitrogens with zero attached hydrogens (tertiary/aromatic N) is 1. The quantitative estimate of drug-likeness (QED) is 0.765. The van der Waals surface area contributed by atoms with Crippen LogP contribution in [0.2, 0.25) is 5.02 Å². The van der Waals surface area contributed by atoms with Gasteiger partial charge in [-0.1, -0.05) is 66.2 Å². The molecule has 0 amide bonds. The lowest BCUT2D eigenvalue weighted by atomic mass is 10.0.